The average Bonchev–Trinajstić information content (AvgIpc) is 3.10. The second-order valence-corrected chi connectivity index (χ2v) is 11.0. The van der Waals surface area contributed by atoms with E-state index in [0.29, 0.717) is 31.0 Å². The van der Waals surface area contributed by atoms with Gasteiger partial charge in [-0.15, -0.1) is 0 Å². The number of ether oxygens (including phenoxy) is 3. The minimum absolute atomic E-state index is 0.223. The van der Waals surface area contributed by atoms with Crippen LogP contribution in [-0.2, 0) is 13.0 Å². The number of aliphatic hydroxyl groups excluding tert-OH is 1. The van der Waals surface area contributed by atoms with Crippen molar-refractivity contribution in [2.45, 2.75) is 19.1 Å². The smallest absolute Gasteiger partial charge is 0.248 e. The Morgan fingerprint density at radius 3 is 2.24 bits per heavy atom. The summed E-state index contributed by atoms with van der Waals surface area (Å²) >= 11 is 0. The van der Waals surface area contributed by atoms with E-state index in [2.05, 4.69) is 10.3 Å². The summed E-state index contributed by atoms with van der Waals surface area (Å²) in [6.07, 6.45) is 0.0196. The van der Waals surface area contributed by atoms with Gasteiger partial charge in [0.15, 0.2) is 0 Å². The second-order valence-electron chi connectivity index (χ2n) is 11.0. The number of nitrogens with one attached hydrogen (secondary N) is 2. The number of hydrogen-bond acceptors (Lipinski definition) is 6. The zero-order valence-electron chi connectivity index (χ0n) is 25.6. The van der Waals surface area contributed by atoms with Gasteiger partial charge in [-0.25, -0.2) is 0 Å². The molecule has 46 heavy (non-hydrogen) atoms. The Bertz CT molecular complexity index is 1940. The number of pyridine rings is 1. The van der Waals surface area contributed by atoms with Gasteiger partial charge in [-0.3, -0.25) is 4.79 Å². The molecule has 7 heteroatoms. The zero-order valence-corrected chi connectivity index (χ0v) is 25.6. The topological polar surface area (TPSA) is 92.8 Å². The molecule has 6 aromatic rings. The summed E-state index contributed by atoms with van der Waals surface area (Å²) in [6.45, 7) is 1.42. The van der Waals surface area contributed by atoms with E-state index in [1.54, 1.807) is 19.2 Å². The van der Waals surface area contributed by atoms with Crippen LogP contribution in [0.15, 0.2) is 132 Å². The lowest BCUT2D eigenvalue weighted by atomic mass is 10.0. The minimum atomic E-state index is -0.766. The molecular formula is C39H36N2O5. The van der Waals surface area contributed by atoms with Crippen molar-refractivity contribution in [2.75, 3.05) is 20.2 Å². The Morgan fingerprint density at radius 1 is 0.761 bits per heavy atom. The van der Waals surface area contributed by atoms with Crippen LogP contribution in [0.4, 0.5) is 0 Å². The fraction of sp³-hybridized carbons (Fsp3) is 0.154. The van der Waals surface area contributed by atoms with Crippen LogP contribution in [0.1, 0.15) is 22.8 Å². The van der Waals surface area contributed by atoms with Crippen LogP contribution >= 0.6 is 0 Å². The number of aromatic amines is 1. The number of aliphatic hydroxyl groups is 1. The van der Waals surface area contributed by atoms with Gasteiger partial charge >= 0.3 is 0 Å². The van der Waals surface area contributed by atoms with Crippen LogP contribution in [0, 0.1) is 0 Å². The van der Waals surface area contributed by atoms with Crippen LogP contribution in [-0.4, -0.2) is 30.3 Å². The second kappa shape index (κ2) is 14.6. The maximum atomic E-state index is 12.1. The third-order valence-electron chi connectivity index (χ3n) is 7.83. The quantitative estimate of drug-likeness (QED) is 0.117. The molecule has 0 unspecified atom stereocenters. The monoisotopic (exact) mass is 612 g/mol. The maximum Gasteiger partial charge on any atom is 0.248 e. The van der Waals surface area contributed by atoms with E-state index >= 15 is 0 Å². The van der Waals surface area contributed by atoms with E-state index in [-0.39, 0.29) is 5.56 Å². The number of aromatic nitrogens is 1. The van der Waals surface area contributed by atoms with Crippen molar-refractivity contribution in [3.63, 3.8) is 0 Å². The van der Waals surface area contributed by atoms with Crippen molar-refractivity contribution in [3.05, 3.63) is 154 Å². The molecule has 5 aromatic carbocycles. The molecule has 0 amide bonds. The summed E-state index contributed by atoms with van der Waals surface area (Å²) in [5, 5.41) is 15.2. The molecule has 232 valence electrons. The van der Waals surface area contributed by atoms with E-state index in [9.17, 15) is 9.90 Å². The molecule has 0 radical (unpaired) electrons. The van der Waals surface area contributed by atoms with Crippen LogP contribution in [0.2, 0.25) is 0 Å². The first kappa shape index (κ1) is 30.6. The molecule has 0 bridgehead atoms. The van der Waals surface area contributed by atoms with Crippen LogP contribution in [0.5, 0.6) is 23.0 Å². The first-order chi connectivity index (χ1) is 22.6. The lowest BCUT2D eigenvalue weighted by molar-refractivity contribution is 0.176. The Morgan fingerprint density at radius 2 is 1.48 bits per heavy atom. The van der Waals surface area contributed by atoms with Crippen molar-refractivity contribution < 1.29 is 19.3 Å². The normalized spacial score (nSPS) is 11.7. The van der Waals surface area contributed by atoms with E-state index in [4.69, 9.17) is 14.2 Å². The highest BCUT2D eigenvalue weighted by molar-refractivity contribution is 5.87. The highest BCUT2D eigenvalue weighted by Gasteiger charge is 2.15. The standard InChI is InChI=1S/C39H36N2O5/c1-44-36-19-16-31(24-34(36)29-10-6-3-7-11-29)46-30-14-12-27(13-15-30)22-23-40-25-35(42)32-17-20-37(39-33(32)18-21-38(43)41-39)45-26-28-8-4-2-5-9-28/h2-21,24,35,40,42H,22-23,25-26H2,1H3,(H,41,43)/t35-/m0/s1. The highest BCUT2D eigenvalue weighted by atomic mass is 16.5. The molecule has 6 rings (SSSR count). The van der Waals surface area contributed by atoms with Gasteiger partial charge in [0.1, 0.15) is 29.6 Å². The van der Waals surface area contributed by atoms with Crippen molar-refractivity contribution in [1.29, 1.82) is 0 Å². The van der Waals surface area contributed by atoms with Gasteiger partial charge < -0.3 is 29.6 Å². The number of methoxy groups -OCH3 is 1. The van der Waals surface area contributed by atoms with Gasteiger partial charge in [0.05, 0.1) is 18.7 Å². The molecule has 0 aliphatic carbocycles. The SMILES string of the molecule is COc1ccc(Oc2ccc(CCNC[C@H](O)c3ccc(OCc4ccccc4)c4[nH]c(=O)ccc34)cc2)cc1-c1ccccc1. The van der Waals surface area contributed by atoms with E-state index in [1.807, 2.05) is 109 Å². The molecule has 3 N–H and O–H groups in total. The van der Waals surface area contributed by atoms with E-state index in [0.717, 1.165) is 56.9 Å². The maximum absolute atomic E-state index is 12.1. The van der Waals surface area contributed by atoms with Crippen molar-refractivity contribution in [1.82, 2.24) is 10.3 Å². The predicted octanol–water partition coefficient (Wildman–Crippen LogP) is 7.44. The third-order valence-corrected chi connectivity index (χ3v) is 7.83. The van der Waals surface area contributed by atoms with Crippen molar-refractivity contribution in [2.24, 2.45) is 0 Å². The van der Waals surface area contributed by atoms with Gasteiger partial charge in [0.2, 0.25) is 5.56 Å². The van der Waals surface area contributed by atoms with Gasteiger partial charge in [-0.2, -0.15) is 0 Å². The molecule has 0 aliphatic heterocycles. The first-order valence-electron chi connectivity index (χ1n) is 15.3. The number of rotatable bonds is 13. The van der Waals surface area contributed by atoms with Gasteiger partial charge in [0.25, 0.3) is 0 Å². The molecule has 0 fully saturated rings. The molecule has 0 aliphatic rings. The Hall–Kier alpha value is -5.37. The Balaban J connectivity index is 1.04. The van der Waals surface area contributed by atoms with Crippen LogP contribution in [0.3, 0.4) is 0 Å². The third kappa shape index (κ3) is 7.46. The summed E-state index contributed by atoms with van der Waals surface area (Å²) in [5.74, 6) is 2.84. The summed E-state index contributed by atoms with van der Waals surface area (Å²) in [7, 11) is 1.67. The van der Waals surface area contributed by atoms with Gasteiger partial charge in [-0.05, 0) is 77.7 Å². The minimum Gasteiger partial charge on any atom is -0.496 e. The number of benzene rings is 5. The number of fused-ring (bicyclic) bond motifs is 1. The van der Waals surface area contributed by atoms with Crippen molar-refractivity contribution >= 4 is 10.9 Å². The molecular weight excluding hydrogens is 576 g/mol. The van der Waals surface area contributed by atoms with Crippen molar-refractivity contribution in [3.8, 4) is 34.1 Å². The Kier molecular flexibility index (Phi) is 9.73. The summed E-state index contributed by atoms with van der Waals surface area (Å²) in [6, 6.07) is 40.6. The molecule has 0 saturated heterocycles. The summed E-state index contributed by atoms with van der Waals surface area (Å²) < 4.78 is 17.8. The molecule has 1 heterocycles. The lowest BCUT2D eigenvalue weighted by Gasteiger charge is -2.17. The van der Waals surface area contributed by atoms with Crippen LogP contribution in [0.25, 0.3) is 22.0 Å². The molecule has 1 atom stereocenters. The Labute approximate surface area is 268 Å². The zero-order chi connectivity index (χ0) is 31.7. The molecule has 0 spiro atoms. The van der Waals surface area contributed by atoms with E-state index < -0.39 is 6.10 Å². The first-order valence-corrected chi connectivity index (χ1v) is 15.3. The summed E-state index contributed by atoms with van der Waals surface area (Å²) in [4.78, 5) is 15.0. The highest BCUT2D eigenvalue weighted by Crippen LogP contribution is 2.35. The predicted molar refractivity (Wildman–Crippen MR) is 182 cm³/mol. The molecule has 0 saturated carbocycles. The fourth-order valence-corrected chi connectivity index (χ4v) is 5.43. The van der Waals surface area contributed by atoms with Gasteiger partial charge in [-0.1, -0.05) is 78.9 Å². The average molecular weight is 613 g/mol. The molecule has 7 nitrogen and oxygen atoms in total. The largest absolute Gasteiger partial charge is 0.496 e. The van der Waals surface area contributed by atoms with Gasteiger partial charge in [0, 0.05) is 23.6 Å². The fourth-order valence-electron chi connectivity index (χ4n) is 5.43. The molecule has 1 aromatic heterocycles. The van der Waals surface area contributed by atoms with E-state index in [1.165, 1.54) is 6.07 Å². The lowest BCUT2D eigenvalue weighted by Crippen LogP contribution is -2.24. The number of hydrogen-bond donors (Lipinski definition) is 3. The van der Waals surface area contributed by atoms with Crippen LogP contribution < -0.4 is 25.1 Å². The summed E-state index contributed by atoms with van der Waals surface area (Å²) in [5.41, 5.74) is 5.29. The number of H-pyrrole nitrogens is 1.